The topological polar surface area (TPSA) is 71.1 Å². The van der Waals surface area contributed by atoms with E-state index in [2.05, 4.69) is 0 Å². The minimum absolute atomic E-state index is 0.229. The van der Waals surface area contributed by atoms with Crippen LogP contribution in [-0.4, -0.2) is 32.8 Å². The highest BCUT2D eigenvalue weighted by Gasteiger charge is 2.07. The maximum Gasteiger partial charge on any atom is 0.658 e. The maximum absolute atomic E-state index is 11.4. The highest BCUT2D eigenvalue weighted by molar-refractivity contribution is 6.20. The average Bonchev–Trinajstić information content (AvgIpc) is 2.65. The van der Waals surface area contributed by atoms with E-state index in [1.54, 1.807) is 62.4 Å². The zero-order valence-corrected chi connectivity index (χ0v) is 15.5. The van der Waals surface area contributed by atoms with Crippen molar-refractivity contribution in [1.82, 2.24) is 0 Å². The molecule has 2 aromatic rings. The van der Waals surface area contributed by atoms with Gasteiger partial charge in [-0.1, -0.05) is 24.3 Å². The van der Waals surface area contributed by atoms with Gasteiger partial charge in [-0.05, 0) is 49.2 Å². The van der Waals surface area contributed by atoms with Crippen LogP contribution in [0.1, 0.15) is 25.0 Å². The molecule has 0 amide bonds. The molecule has 0 spiro atoms. The summed E-state index contributed by atoms with van der Waals surface area (Å²) in [5.41, 5.74) is 1.69. The number of benzene rings is 2. The van der Waals surface area contributed by atoms with E-state index in [0.717, 1.165) is 11.1 Å². The van der Waals surface area contributed by atoms with Crippen LogP contribution in [0.15, 0.2) is 48.5 Å². The van der Waals surface area contributed by atoms with Gasteiger partial charge < -0.3 is 18.8 Å². The van der Waals surface area contributed by atoms with E-state index in [4.69, 9.17) is 18.8 Å². The fraction of sp³-hybridized carbons (Fsp3) is 0.300. The summed E-state index contributed by atoms with van der Waals surface area (Å²) in [5, 5.41) is 0. The lowest BCUT2D eigenvalue weighted by Crippen LogP contribution is -2.11. The van der Waals surface area contributed by atoms with E-state index < -0.39 is 0 Å². The van der Waals surface area contributed by atoms with Gasteiger partial charge in [-0.25, -0.2) is 0 Å². The molecule has 2 aromatic carbocycles. The van der Waals surface area contributed by atoms with Crippen molar-refractivity contribution in [2.75, 3.05) is 13.2 Å². The molecule has 0 aromatic heterocycles. The van der Waals surface area contributed by atoms with Gasteiger partial charge in [-0.3, -0.25) is 9.59 Å². The third kappa shape index (κ3) is 7.44. The van der Waals surface area contributed by atoms with Crippen molar-refractivity contribution in [3.8, 4) is 11.5 Å². The molecular weight excluding hydrogens is 347 g/mol. The van der Waals surface area contributed by atoms with E-state index in [-0.39, 0.29) is 24.8 Å². The molecule has 0 unspecified atom stereocenters. The number of hydrogen-bond acceptors (Lipinski definition) is 6. The molecule has 0 atom stereocenters. The van der Waals surface area contributed by atoms with Crippen LogP contribution in [0, 0.1) is 0 Å². The van der Waals surface area contributed by atoms with Gasteiger partial charge in [-0.15, -0.1) is 0 Å². The van der Waals surface area contributed by atoms with Crippen molar-refractivity contribution in [3.63, 3.8) is 0 Å². The Morgan fingerprint density at radius 3 is 1.41 bits per heavy atom. The summed E-state index contributed by atoms with van der Waals surface area (Å²) in [7, 11) is 1.22. The molecule has 7 heteroatoms. The second-order valence-electron chi connectivity index (χ2n) is 5.58. The molecule has 6 nitrogen and oxygen atoms in total. The quantitative estimate of drug-likeness (QED) is 0.474. The largest absolute Gasteiger partial charge is 0.658 e. The standard InChI is InChI=1S/C20H22BO6/c1-3-24-19(22)13-15-5-9-17(10-6-15)26-21-27-18-11-7-16(8-12-18)14-20(23)25-4-2/h5-12H,3-4,13-14H2,1-2H3. The molecule has 0 saturated carbocycles. The van der Waals surface area contributed by atoms with Crippen LogP contribution in [0.3, 0.4) is 0 Å². The third-order valence-corrected chi connectivity index (χ3v) is 3.52. The summed E-state index contributed by atoms with van der Waals surface area (Å²) in [6.07, 6.45) is 0.457. The van der Waals surface area contributed by atoms with Crippen LogP contribution in [0.25, 0.3) is 0 Å². The third-order valence-electron chi connectivity index (χ3n) is 3.52. The molecule has 141 valence electrons. The summed E-state index contributed by atoms with van der Waals surface area (Å²) in [6, 6.07) is 14.2. The Morgan fingerprint density at radius 1 is 0.704 bits per heavy atom. The Morgan fingerprint density at radius 2 is 1.07 bits per heavy atom. The van der Waals surface area contributed by atoms with Gasteiger partial charge >= 0.3 is 19.6 Å². The van der Waals surface area contributed by atoms with E-state index in [1.807, 2.05) is 0 Å². The number of rotatable bonds is 10. The van der Waals surface area contributed by atoms with E-state index in [9.17, 15) is 9.59 Å². The Hall–Kier alpha value is -2.96. The molecular formula is C20H22BO6. The zero-order chi connectivity index (χ0) is 19.5. The fourth-order valence-corrected chi connectivity index (χ4v) is 2.26. The second-order valence-corrected chi connectivity index (χ2v) is 5.58. The van der Waals surface area contributed by atoms with Crippen molar-refractivity contribution < 1.29 is 28.4 Å². The van der Waals surface area contributed by atoms with Gasteiger partial charge in [0, 0.05) is 0 Å². The van der Waals surface area contributed by atoms with Crippen molar-refractivity contribution in [2.45, 2.75) is 26.7 Å². The zero-order valence-electron chi connectivity index (χ0n) is 15.5. The van der Waals surface area contributed by atoms with Crippen LogP contribution in [0.5, 0.6) is 11.5 Å². The minimum Gasteiger partial charge on any atom is -0.526 e. The normalized spacial score (nSPS) is 10.0. The smallest absolute Gasteiger partial charge is 0.526 e. The molecule has 2 rings (SSSR count). The highest BCUT2D eigenvalue weighted by Crippen LogP contribution is 2.15. The van der Waals surface area contributed by atoms with Crippen molar-refractivity contribution in [1.29, 1.82) is 0 Å². The summed E-state index contributed by atoms with van der Waals surface area (Å²) < 4.78 is 20.6. The van der Waals surface area contributed by atoms with E-state index >= 15 is 0 Å². The molecule has 0 aliphatic rings. The van der Waals surface area contributed by atoms with Crippen LogP contribution in [-0.2, 0) is 31.9 Å². The monoisotopic (exact) mass is 369 g/mol. The maximum atomic E-state index is 11.4. The number of ether oxygens (including phenoxy) is 2. The minimum atomic E-state index is -0.257. The SMILES string of the molecule is CCOC(=O)Cc1ccc(O[B]Oc2ccc(CC(=O)OCC)cc2)cc1. The number of esters is 2. The van der Waals surface area contributed by atoms with E-state index in [0.29, 0.717) is 24.7 Å². The Balaban J connectivity index is 1.75. The molecule has 0 fully saturated rings. The first-order chi connectivity index (χ1) is 13.1. The fourth-order valence-electron chi connectivity index (χ4n) is 2.26. The van der Waals surface area contributed by atoms with Crippen molar-refractivity contribution in [2.24, 2.45) is 0 Å². The molecule has 0 heterocycles. The Labute approximate surface area is 159 Å². The summed E-state index contributed by atoms with van der Waals surface area (Å²) >= 11 is 0. The van der Waals surface area contributed by atoms with Crippen LogP contribution < -0.4 is 9.31 Å². The average molecular weight is 369 g/mol. The molecule has 0 saturated heterocycles. The van der Waals surface area contributed by atoms with Gasteiger partial charge in [0.2, 0.25) is 0 Å². The molecule has 0 N–H and O–H groups in total. The second kappa shape index (κ2) is 10.9. The molecule has 1 radical (unpaired) electrons. The van der Waals surface area contributed by atoms with Crippen LogP contribution in [0.4, 0.5) is 0 Å². The highest BCUT2D eigenvalue weighted by atomic mass is 16.6. The van der Waals surface area contributed by atoms with Gasteiger partial charge in [-0.2, -0.15) is 0 Å². The molecule has 27 heavy (non-hydrogen) atoms. The predicted molar refractivity (Wildman–Crippen MR) is 101 cm³/mol. The van der Waals surface area contributed by atoms with Crippen LogP contribution >= 0.6 is 0 Å². The lowest BCUT2D eigenvalue weighted by molar-refractivity contribution is -0.143. The van der Waals surface area contributed by atoms with Gasteiger partial charge in [0.25, 0.3) is 0 Å². The number of carbonyl (C=O) groups is 2. The molecule has 0 bridgehead atoms. The number of carbonyl (C=O) groups excluding carboxylic acids is 2. The summed E-state index contributed by atoms with van der Waals surface area (Å²) in [6.45, 7) is 4.30. The Bertz CT molecular complexity index is 664. The van der Waals surface area contributed by atoms with Crippen molar-refractivity contribution in [3.05, 3.63) is 59.7 Å². The predicted octanol–water partition coefficient (Wildman–Crippen LogP) is 2.89. The van der Waals surface area contributed by atoms with E-state index in [1.165, 1.54) is 7.69 Å². The van der Waals surface area contributed by atoms with Crippen LogP contribution in [0.2, 0.25) is 0 Å². The summed E-state index contributed by atoms with van der Waals surface area (Å²) in [5.74, 6) is 0.656. The van der Waals surface area contributed by atoms with Gasteiger partial charge in [0.15, 0.2) is 0 Å². The summed E-state index contributed by atoms with van der Waals surface area (Å²) in [4.78, 5) is 22.9. The number of hydrogen-bond donors (Lipinski definition) is 0. The molecule has 0 aliphatic carbocycles. The van der Waals surface area contributed by atoms with Gasteiger partial charge in [0.1, 0.15) is 11.5 Å². The first-order valence-corrected chi connectivity index (χ1v) is 8.74. The first-order valence-electron chi connectivity index (χ1n) is 8.74. The van der Waals surface area contributed by atoms with Crippen molar-refractivity contribution >= 4 is 19.6 Å². The molecule has 0 aliphatic heterocycles. The lowest BCUT2D eigenvalue weighted by atomic mass is 10.1. The van der Waals surface area contributed by atoms with Gasteiger partial charge in [0.05, 0.1) is 26.1 Å². The lowest BCUT2D eigenvalue weighted by Gasteiger charge is -2.08. The first kappa shape index (κ1) is 20.4. The Kier molecular flexibility index (Phi) is 8.22.